The first kappa shape index (κ1) is 16.7. The van der Waals surface area contributed by atoms with E-state index in [2.05, 4.69) is 5.32 Å². The van der Waals surface area contributed by atoms with E-state index in [1.165, 1.54) is 18.2 Å². The number of amides is 1. The normalized spacial score (nSPS) is 15.2. The fourth-order valence-corrected chi connectivity index (χ4v) is 2.23. The predicted molar refractivity (Wildman–Crippen MR) is 78.7 cm³/mol. The average Bonchev–Trinajstić information content (AvgIpc) is 2.66. The minimum absolute atomic E-state index is 0. The largest absolute Gasteiger partial charge is 0.337 e. The highest BCUT2D eigenvalue weighted by atomic mass is 35.5. The van der Waals surface area contributed by atoms with E-state index >= 15 is 0 Å². The van der Waals surface area contributed by atoms with E-state index < -0.39 is 4.92 Å². The van der Waals surface area contributed by atoms with Crippen LogP contribution < -0.4 is 5.32 Å². The Labute approximate surface area is 127 Å². The first-order valence-electron chi connectivity index (χ1n) is 6.03. The zero-order valence-electron chi connectivity index (χ0n) is 10.7. The fourth-order valence-electron chi connectivity index (χ4n) is 2.06. The minimum atomic E-state index is -0.556. The number of hydrogen-bond acceptors (Lipinski definition) is 4. The van der Waals surface area contributed by atoms with Gasteiger partial charge in [-0.05, 0) is 25.1 Å². The Morgan fingerprint density at radius 2 is 2.10 bits per heavy atom. The van der Waals surface area contributed by atoms with Gasteiger partial charge < -0.3 is 10.2 Å². The molecule has 0 radical (unpaired) electrons. The highest BCUT2D eigenvalue weighted by Crippen LogP contribution is 2.24. The van der Waals surface area contributed by atoms with Crippen LogP contribution in [-0.2, 0) is 0 Å². The van der Waals surface area contributed by atoms with Crippen LogP contribution in [0, 0.1) is 10.1 Å². The van der Waals surface area contributed by atoms with E-state index in [1.54, 1.807) is 4.90 Å². The molecule has 1 amide bonds. The standard InChI is InChI=1S/C12H14ClN3O3.ClH/c13-9-2-3-11(16(18)19)10(8-9)12(17)15-6-1-4-14-5-7-15;/h2-3,8,14H,1,4-7H2;1H. The van der Waals surface area contributed by atoms with Crippen LogP contribution in [0.4, 0.5) is 5.69 Å². The number of nitro groups is 1. The summed E-state index contributed by atoms with van der Waals surface area (Å²) in [5, 5.41) is 14.5. The molecular weight excluding hydrogens is 305 g/mol. The summed E-state index contributed by atoms with van der Waals surface area (Å²) in [5.74, 6) is -0.335. The maximum Gasteiger partial charge on any atom is 0.282 e. The number of nitrogens with zero attached hydrogens (tertiary/aromatic N) is 2. The summed E-state index contributed by atoms with van der Waals surface area (Å²) in [6, 6.07) is 4.05. The van der Waals surface area contributed by atoms with Gasteiger partial charge in [0.25, 0.3) is 11.6 Å². The number of nitrogens with one attached hydrogen (secondary N) is 1. The van der Waals surface area contributed by atoms with Gasteiger partial charge in [0.15, 0.2) is 0 Å². The lowest BCUT2D eigenvalue weighted by atomic mass is 10.1. The number of benzene rings is 1. The van der Waals surface area contributed by atoms with Crippen molar-refractivity contribution < 1.29 is 9.72 Å². The Morgan fingerprint density at radius 3 is 2.80 bits per heavy atom. The van der Waals surface area contributed by atoms with E-state index in [-0.39, 0.29) is 29.6 Å². The topological polar surface area (TPSA) is 75.5 Å². The van der Waals surface area contributed by atoms with Crippen molar-refractivity contribution in [3.8, 4) is 0 Å². The third-order valence-corrected chi connectivity index (χ3v) is 3.25. The zero-order valence-corrected chi connectivity index (χ0v) is 12.2. The van der Waals surface area contributed by atoms with Gasteiger partial charge in [-0.3, -0.25) is 14.9 Å². The molecule has 1 aliphatic rings. The summed E-state index contributed by atoms with van der Waals surface area (Å²) in [6.07, 6.45) is 0.833. The van der Waals surface area contributed by atoms with Crippen LogP contribution in [0.15, 0.2) is 18.2 Å². The molecule has 1 fully saturated rings. The lowest BCUT2D eigenvalue weighted by Gasteiger charge is -2.19. The first-order valence-corrected chi connectivity index (χ1v) is 6.41. The molecule has 20 heavy (non-hydrogen) atoms. The Bertz CT molecular complexity index is 503. The van der Waals surface area contributed by atoms with Crippen molar-refractivity contribution >= 4 is 35.6 Å². The van der Waals surface area contributed by atoms with Gasteiger partial charge in [0.1, 0.15) is 5.56 Å². The quantitative estimate of drug-likeness (QED) is 0.669. The van der Waals surface area contributed by atoms with E-state index in [0.717, 1.165) is 13.0 Å². The van der Waals surface area contributed by atoms with E-state index in [0.29, 0.717) is 24.7 Å². The molecule has 1 N–H and O–H groups in total. The van der Waals surface area contributed by atoms with Crippen LogP contribution in [0.2, 0.25) is 5.02 Å². The molecule has 0 aromatic heterocycles. The molecule has 1 aliphatic heterocycles. The molecule has 0 saturated carbocycles. The van der Waals surface area contributed by atoms with Crippen LogP contribution in [0.1, 0.15) is 16.8 Å². The lowest BCUT2D eigenvalue weighted by Crippen LogP contribution is -2.34. The molecule has 0 atom stereocenters. The van der Waals surface area contributed by atoms with Gasteiger partial charge in [-0.2, -0.15) is 0 Å². The summed E-state index contributed by atoms with van der Waals surface area (Å²) < 4.78 is 0. The van der Waals surface area contributed by atoms with E-state index in [1.807, 2.05) is 0 Å². The molecule has 2 rings (SSSR count). The third-order valence-electron chi connectivity index (χ3n) is 3.01. The Balaban J connectivity index is 0.00000200. The second-order valence-electron chi connectivity index (χ2n) is 4.31. The highest BCUT2D eigenvalue weighted by Gasteiger charge is 2.25. The number of nitro benzene ring substituents is 1. The molecule has 1 saturated heterocycles. The zero-order chi connectivity index (χ0) is 13.8. The molecule has 0 bridgehead atoms. The number of rotatable bonds is 2. The molecule has 6 nitrogen and oxygen atoms in total. The molecular formula is C12H15Cl2N3O3. The van der Waals surface area contributed by atoms with Crippen molar-refractivity contribution in [3.05, 3.63) is 38.9 Å². The monoisotopic (exact) mass is 319 g/mol. The minimum Gasteiger partial charge on any atom is -0.337 e. The molecule has 0 unspecified atom stereocenters. The summed E-state index contributed by atoms with van der Waals surface area (Å²) in [5.41, 5.74) is -0.147. The number of carbonyl (C=O) groups is 1. The number of hydrogen-bond donors (Lipinski definition) is 1. The average molecular weight is 320 g/mol. The second-order valence-corrected chi connectivity index (χ2v) is 4.75. The van der Waals surface area contributed by atoms with Crippen LogP contribution in [0.25, 0.3) is 0 Å². The van der Waals surface area contributed by atoms with Crippen LogP contribution in [0.3, 0.4) is 0 Å². The third kappa shape index (κ3) is 3.82. The van der Waals surface area contributed by atoms with E-state index in [4.69, 9.17) is 11.6 Å². The molecule has 1 aromatic carbocycles. The molecule has 0 aliphatic carbocycles. The van der Waals surface area contributed by atoms with Crippen molar-refractivity contribution in [3.63, 3.8) is 0 Å². The molecule has 1 aromatic rings. The second kappa shape index (κ2) is 7.42. The summed E-state index contributed by atoms with van der Waals surface area (Å²) in [7, 11) is 0. The van der Waals surface area contributed by atoms with Crippen LogP contribution >= 0.6 is 24.0 Å². The molecule has 0 spiro atoms. The van der Waals surface area contributed by atoms with Gasteiger partial charge in [0.05, 0.1) is 4.92 Å². The van der Waals surface area contributed by atoms with Gasteiger partial charge in [0.2, 0.25) is 0 Å². The van der Waals surface area contributed by atoms with Gasteiger partial charge in [0, 0.05) is 30.7 Å². The van der Waals surface area contributed by atoms with Crippen molar-refractivity contribution in [2.24, 2.45) is 0 Å². The van der Waals surface area contributed by atoms with Crippen molar-refractivity contribution in [2.45, 2.75) is 6.42 Å². The number of halogens is 2. The Morgan fingerprint density at radius 1 is 1.35 bits per heavy atom. The van der Waals surface area contributed by atoms with Crippen LogP contribution in [0.5, 0.6) is 0 Å². The summed E-state index contributed by atoms with van der Waals surface area (Å²) in [4.78, 5) is 24.4. The number of carbonyl (C=O) groups excluding carboxylic acids is 1. The van der Waals surface area contributed by atoms with Crippen molar-refractivity contribution in [1.29, 1.82) is 0 Å². The van der Waals surface area contributed by atoms with Crippen molar-refractivity contribution in [2.75, 3.05) is 26.2 Å². The van der Waals surface area contributed by atoms with Gasteiger partial charge >= 0.3 is 0 Å². The van der Waals surface area contributed by atoms with Gasteiger partial charge in [-0.25, -0.2) is 0 Å². The smallest absolute Gasteiger partial charge is 0.282 e. The molecule has 1 heterocycles. The fraction of sp³-hybridized carbons (Fsp3) is 0.417. The highest BCUT2D eigenvalue weighted by molar-refractivity contribution is 6.31. The van der Waals surface area contributed by atoms with E-state index in [9.17, 15) is 14.9 Å². The Kier molecular flexibility index (Phi) is 6.19. The maximum absolute atomic E-state index is 12.4. The molecule has 8 heteroatoms. The van der Waals surface area contributed by atoms with Gasteiger partial charge in [-0.15, -0.1) is 12.4 Å². The first-order chi connectivity index (χ1) is 9.09. The predicted octanol–water partition coefficient (Wildman–Crippen LogP) is 2.11. The summed E-state index contributed by atoms with van der Waals surface area (Å²) >= 11 is 5.83. The summed E-state index contributed by atoms with van der Waals surface area (Å²) in [6.45, 7) is 2.68. The van der Waals surface area contributed by atoms with Crippen LogP contribution in [-0.4, -0.2) is 41.9 Å². The lowest BCUT2D eigenvalue weighted by molar-refractivity contribution is -0.385. The maximum atomic E-state index is 12.4. The Hall–Kier alpha value is -1.37. The SMILES string of the molecule is Cl.O=C(c1cc(Cl)ccc1[N+](=O)[O-])N1CCCNCC1. The van der Waals surface area contributed by atoms with Crippen molar-refractivity contribution in [1.82, 2.24) is 10.2 Å². The van der Waals surface area contributed by atoms with Gasteiger partial charge in [-0.1, -0.05) is 11.6 Å². The molecule has 110 valence electrons.